The topological polar surface area (TPSA) is 72.9 Å². The monoisotopic (exact) mass is 232 g/mol. The minimum Gasteiger partial charge on any atom is -0.480 e. The molecular formula is C11H12N4O2. The molecule has 6 heteroatoms. The van der Waals surface area contributed by atoms with Gasteiger partial charge in [-0.2, -0.15) is 0 Å². The Bertz CT molecular complexity index is 597. The van der Waals surface area contributed by atoms with Crippen molar-refractivity contribution < 1.29 is 9.90 Å². The van der Waals surface area contributed by atoms with E-state index in [1.165, 1.54) is 0 Å². The van der Waals surface area contributed by atoms with Crippen LogP contribution in [0.25, 0.3) is 5.82 Å². The lowest BCUT2D eigenvalue weighted by Gasteiger charge is -2.05. The van der Waals surface area contributed by atoms with Gasteiger partial charge >= 0.3 is 5.97 Å². The Balaban J connectivity index is 2.13. The van der Waals surface area contributed by atoms with Crippen LogP contribution in [-0.4, -0.2) is 30.2 Å². The molecule has 0 atom stereocenters. The van der Waals surface area contributed by atoms with E-state index < -0.39 is 5.97 Å². The Kier molecular flexibility index (Phi) is 2.04. The second-order valence-electron chi connectivity index (χ2n) is 4.02. The maximum Gasteiger partial charge on any atom is 0.323 e. The number of nitrogens with zero attached hydrogens (tertiary/aromatic N) is 4. The van der Waals surface area contributed by atoms with Crippen LogP contribution in [0.1, 0.15) is 24.3 Å². The van der Waals surface area contributed by atoms with Crippen LogP contribution in [0.5, 0.6) is 0 Å². The number of fused-ring (bicyclic) bond motifs is 3. The first-order valence-corrected chi connectivity index (χ1v) is 5.53. The molecule has 0 saturated heterocycles. The number of hydrogen-bond acceptors (Lipinski definition) is 3. The highest BCUT2D eigenvalue weighted by Crippen LogP contribution is 2.27. The van der Waals surface area contributed by atoms with Gasteiger partial charge in [0.2, 0.25) is 0 Å². The number of carboxylic acids is 1. The van der Waals surface area contributed by atoms with E-state index >= 15 is 0 Å². The SMILES string of the molecule is CCc1nc2c(n1CC(=O)O)Cc1nccn1-2. The summed E-state index contributed by atoms with van der Waals surface area (Å²) in [5.74, 6) is 1.72. The van der Waals surface area contributed by atoms with Gasteiger partial charge in [0.1, 0.15) is 18.2 Å². The van der Waals surface area contributed by atoms with E-state index in [1.807, 2.05) is 17.7 Å². The van der Waals surface area contributed by atoms with Gasteiger partial charge in [-0.05, 0) is 0 Å². The van der Waals surface area contributed by atoms with Crippen LogP contribution in [-0.2, 0) is 24.2 Å². The summed E-state index contributed by atoms with van der Waals surface area (Å²) in [7, 11) is 0. The van der Waals surface area contributed by atoms with E-state index in [1.54, 1.807) is 10.8 Å². The smallest absolute Gasteiger partial charge is 0.323 e. The quantitative estimate of drug-likeness (QED) is 0.718. The predicted octanol–water partition coefficient (Wildman–Crippen LogP) is 0.620. The number of carboxylic acid groups (broad SMARTS) is 1. The van der Waals surface area contributed by atoms with Crippen molar-refractivity contribution in [2.75, 3.05) is 0 Å². The third-order valence-electron chi connectivity index (χ3n) is 3.01. The Hall–Kier alpha value is -2.11. The number of aromatic nitrogens is 4. The molecule has 0 aromatic carbocycles. The summed E-state index contributed by atoms with van der Waals surface area (Å²) in [5, 5.41) is 8.93. The molecule has 0 aliphatic carbocycles. The normalized spacial score (nSPS) is 12.5. The van der Waals surface area contributed by atoms with Crippen LogP contribution in [0.2, 0.25) is 0 Å². The number of rotatable bonds is 3. The Morgan fingerprint density at radius 2 is 2.41 bits per heavy atom. The lowest BCUT2D eigenvalue weighted by Crippen LogP contribution is -2.14. The van der Waals surface area contributed by atoms with Gasteiger partial charge in [0.25, 0.3) is 0 Å². The fourth-order valence-electron chi connectivity index (χ4n) is 2.29. The van der Waals surface area contributed by atoms with Crippen LogP contribution in [0, 0.1) is 0 Å². The highest BCUT2D eigenvalue weighted by atomic mass is 16.4. The van der Waals surface area contributed by atoms with E-state index in [-0.39, 0.29) is 6.54 Å². The van der Waals surface area contributed by atoms with Gasteiger partial charge in [0.05, 0.1) is 12.1 Å². The zero-order chi connectivity index (χ0) is 12.0. The molecule has 0 saturated carbocycles. The Morgan fingerprint density at radius 3 is 3.12 bits per heavy atom. The predicted molar refractivity (Wildman–Crippen MR) is 59.2 cm³/mol. The van der Waals surface area contributed by atoms with Crippen molar-refractivity contribution in [2.45, 2.75) is 26.3 Å². The van der Waals surface area contributed by atoms with Crippen molar-refractivity contribution in [2.24, 2.45) is 0 Å². The van der Waals surface area contributed by atoms with Crippen LogP contribution >= 0.6 is 0 Å². The van der Waals surface area contributed by atoms with Crippen molar-refractivity contribution >= 4 is 5.97 Å². The van der Waals surface area contributed by atoms with E-state index in [2.05, 4.69) is 9.97 Å². The molecule has 0 spiro atoms. The number of imidazole rings is 2. The third kappa shape index (κ3) is 1.37. The molecule has 0 unspecified atom stereocenters. The molecule has 88 valence electrons. The first-order chi connectivity index (χ1) is 8.20. The number of aliphatic carboxylic acids is 1. The molecule has 1 N–H and O–H groups in total. The molecule has 0 radical (unpaired) electrons. The molecule has 1 aliphatic heterocycles. The van der Waals surface area contributed by atoms with Crippen molar-refractivity contribution in [1.82, 2.24) is 19.1 Å². The van der Waals surface area contributed by atoms with Gasteiger partial charge in [-0.15, -0.1) is 0 Å². The largest absolute Gasteiger partial charge is 0.480 e. The number of hydrogen-bond donors (Lipinski definition) is 1. The number of aryl methyl sites for hydroxylation is 1. The minimum absolute atomic E-state index is 0.0314. The molecule has 17 heavy (non-hydrogen) atoms. The number of carbonyl (C=O) groups is 1. The molecule has 0 amide bonds. The van der Waals surface area contributed by atoms with Gasteiger partial charge in [-0.25, -0.2) is 9.97 Å². The van der Waals surface area contributed by atoms with Crippen LogP contribution in [0.3, 0.4) is 0 Å². The molecule has 1 aliphatic rings. The van der Waals surface area contributed by atoms with Gasteiger partial charge in [-0.3, -0.25) is 9.36 Å². The first kappa shape index (κ1) is 10.1. The lowest BCUT2D eigenvalue weighted by atomic mass is 10.3. The highest BCUT2D eigenvalue weighted by Gasteiger charge is 2.27. The molecule has 6 nitrogen and oxygen atoms in total. The average Bonchev–Trinajstić information content (AvgIpc) is 2.90. The molecule has 3 rings (SSSR count). The summed E-state index contributed by atoms with van der Waals surface area (Å²) in [6.07, 6.45) is 4.98. The van der Waals surface area contributed by atoms with E-state index in [0.717, 1.165) is 29.6 Å². The van der Waals surface area contributed by atoms with Gasteiger partial charge in [0.15, 0.2) is 5.82 Å². The summed E-state index contributed by atoms with van der Waals surface area (Å²) >= 11 is 0. The third-order valence-corrected chi connectivity index (χ3v) is 3.01. The van der Waals surface area contributed by atoms with Crippen molar-refractivity contribution in [1.29, 1.82) is 0 Å². The zero-order valence-corrected chi connectivity index (χ0v) is 9.42. The second-order valence-corrected chi connectivity index (χ2v) is 4.02. The van der Waals surface area contributed by atoms with E-state index in [4.69, 9.17) is 5.11 Å². The molecule has 0 bridgehead atoms. The molecule has 2 aromatic heterocycles. The van der Waals surface area contributed by atoms with Gasteiger partial charge < -0.3 is 9.67 Å². The summed E-state index contributed by atoms with van der Waals surface area (Å²) in [4.78, 5) is 19.6. The van der Waals surface area contributed by atoms with Crippen LogP contribution in [0.4, 0.5) is 0 Å². The van der Waals surface area contributed by atoms with Crippen molar-refractivity contribution in [3.63, 3.8) is 0 Å². The van der Waals surface area contributed by atoms with Gasteiger partial charge in [0, 0.05) is 18.8 Å². The fourth-order valence-corrected chi connectivity index (χ4v) is 2.29. The zero-order valence-electron chi connectivity index (χ0n) is 9.42. The Morgan fingerprint density at radius 1 is 1.59 bits per heavy atom. The molecular weight excluding hydrogens is 220 g/mol. The molecule has 0 fully saturated rings. The average molecular weight is 232 g/mol. The molecule has 3 heterocycles. The maximum absolute atomic E-state index is 10.9. The summed E-state index contributed by atoms with van der Waals surface area (Å²) in [6, 6.07) is 0. The Labute approximate surface area is 97.5 Å². The minimum atomic E-state index is -0.843. The summed E-state index contributed by atoms with van der Waals surface area (Å²) in [6.45, 7) is 1.95. The maximum atomic E-state index is 10.9. The summed E-state index contributed by atoms with van der Waals surface area (Å²) < 4.78 is 3.71. The van der Waals surface area contributed by atoms with E-state index in [0.29, 0.717) is 6.42 Å². The van der Waals surface area contributed by atoms with Crippen LogP contribution in [0.15, 0.2) is 12.4 Å². The standard InChI is InChI=1S/C11H12N4O2/c1-2-8-13-11-7(15(8)6-10(16)17)5-9-12-3-4-14(9)11/h3-4H,2,5-6H2,1H3,(H,16,17). The first-order valence-electron chi connectivity index (χ1n) is 5.53. The van der Waals surface area contributed by atoms with E-state index in [9.17, 15) is 4.79 Å². The van der Waals surface area contributed by atoms with Gasteiger partial charge in [-0.1, -0.05) is 6.92 Å². The van der Waals surface area contributed by atoms with Crippen molar-refractivity contribution in [3.8, 4) is 5.82 Å². The second kappa shape index (κ2) is 3.44. The summed E-state index contributed by atoms with van der Waals surface area (Å²) in [5.41, 5.74) is 0.951. The van der Waals surface area contributed by atoms with Crippen LogP contribution < -0.4 is 0 Å². The highest BCUT2D eigenvalue weighted by molar-refractivity contribution is 5.67. The van der Waals surface area contributed by atoms with Crippen molar-refractivity contribution in [3.05, 3.63) is 29.7 Å². The molecule has 2 aromatic rings. The lowest BCUT2D eigenvalue weighted by molar-refractivity contribution is -0.137. The fraction of sp³-hybridized carbons (Fsp3) is 0.364.